The Morgan fingerprint density at radius 3 is 2.72 bits per heavy atom. The maximum absolute atomic E-state index is 4.47. The number of hydrogen-bond acceptors (Lipinski definition) is 4. The van der Waals surface area contributed by atoms with Crippen LogP contribution in [0, 0.1) is 0 Å². The van der Waals surface area contributed by atoms with Crippen LogP contribution in [0.1, 0.15) is 24.0 Å². The third-order valence-electron chi connectivity index (χ3n) is 5.48. The van der Waals surface area contributed by atoms with E-state index in [9.17, 15) is 0 Å². The first kappa shape index (κ1) is 16.4. The maximum Gasteiger partial charge on any atom is 0.128 e. The topological polar surface area (TPSA) is 31.4 Å². The first-order valence-corrected chi connectivity index (χ1v) is 9.63. The van der Waals surface area contributed by atoms with Crippen LogP contribution in [0.2, 0.25) is 0 Å². The van der Waals surface area contributed by atoms with Crippen molar-refractivity contribution in [2.45, 2.75) is 25.7 Å². The molecule has 25 heavy (non-hydrogen) atoms. The predicted octanol–water partition coefficient (Wildman–Crippen LogP) is 3.19. The van der Waals surface area contributed by atoms with E-state index in [4.69, 9.17) is 0 Å². The van der Waals surface area contributed by atoms with Crippen LogP contribution >= 0.6 is 0 Å². The number of aryl methyl sites for hydroxylation is 1. The fourth-order valence-corrected chi connectivity index (χ4v) is 4.04. The predicted molar refractivity (Wildman–Crippen MR) is 104 cm³/mol. The highest BCUT2D eigenvalue weighted by molar-refractivity contribution is 5.58. The second kappa shape index (κ2) is 7.87. The minimum absolute atomic E-state index is 1.09. The summed E-state index contributed by atoms with van der Waals surface area (Å²) >= 11 is 0. The maximum atomic E-state index is 4.47. The lowest BCUT2D eigenvalue weighted by atomic mass is 10.00. The standard InChI is InChI=1S/C21H28N4/c1-3-11-23-21(9-1)25-16-14-24(15-17-25)13-4-2-6-18-7-5-8-20-19(18)10-12-22-20/h1,3,5,7-9,11,22H,2,4,6,10,12-17H2. The Morgan fingerprint density at radius 1 is 0.960 bits per heavy atom. The SMILES string of the molecule is c1ccc(N2CCN(CCCCc3cccc4c3CCN4)CC2)nc1. The monoisotopic (exact) mass is 336 g/mol. The first-order valence-electron chi connectivity index (χ1n) is 9.63. The largest absolute Gasteiger partial charge is 0.384 e. The highest BCUT2D eigenvalue weighted by Gasteiger charge is 2.17. The van der Waals surface area contributed by atoms with Crippen molar-refractivity contribution in [2.75, 3.05) is 49.5 Å². The molecule has 0 unspecified atom stereocenters. The fraction of sp³-hybridized carbons (Fsp3) is 0.476. The van der Waals surface area contributed by atoms with Crippen molar-refractivity contribution in [3.8, 4) is 0 Å². The van der Waals surface area contributed by atoms with Gasteiger partial charge in [-0.25, -0.2) is 4.98 Å². The average Bonchev–Trinajstić information content (AvgIpc) is 3.16. The fourth-order valence-electron chi connectivity index (χ4n) is 4.04. The molecule has 1 fully saturated rings. The van der Waals surface area contributed by atoms with Gasteiger partial charge in [0.05, 0.1) is 0 Å². The molecule has 1 aromatic heterocycles. The Balaban J connectivity index is 1.19. The molecule has 132 valence electrons. The number of fused-ring (bicyclic) bond motifs is 1. The zero-order chi connectivity index (χ0) is 16.9. The van der Waals surface area contributed by atoms with Crippen LogP contribution < -0.4 is 10.2 Å². The molecule has 1 saturated heterocycles. The van der Waals surface area contributed by atoms with E-state index in [-0.39, 0.29) is 0 Å². The number of benzene rings is 1. The second-order valence-corrected chi connectivity index (χ2v) is 7.09. The Kier molecular flexibility index (Phi) is 5.17. The summed E-state index contributed by atoms with van der Waals surface area (Å²) in [5.41, 5.74) is 4.48. The quantitative estimate of drug-likeness (QED) is 0.821. The summed E-state index contributed by atoms with van der Waals surface area (Å²) in [6, 6.07) is 12.9. The van der Waals surface area contributed by atoms with Gasteiger partial charge in [0.2, 0.25) is 0 Å². The molecular weight excluding hydrogens is 308 g/mol. The number of anilines is 2. The molecule has 1 aromatic carbocycles. The van der Waals surface area contributed by atoms with Gasteiger partial charge >= 0.3 is 0 Å². The van der Waals surface area contributed by atoms with Gasteiger partial charge in [-0.1, -0.05) is 18.2 Å². The lowest BCUT2D eigenvalue weighted by molar-refractivity contribution is 0.252. The van der Waals surface area contributed by atoms with Gasteiger partial charge < -0.3 is 10.2 Å². The molecule has 2 aliphatic heterocycles. The minimum Gasteiger partial charge on any atom is -0.384 e. The number of rotatable bonds is 6. The Morgan fingerprint density at radius 2 is 1.88 bits per heavy atom. The van der Waals surface area contributed by atoms with E-state index < -0.39 is 0 Å². The van der Waals surface area contributed by atoms with E-state index in [2.05, 4.69) is 50.4 Å². The van der Waals surface area contributed by atoms with Crippen molar-refractivity contribution >= 4 is 11.5 Å². The van der Waals surface area contributed by atoms with Gasteiger partial charge in [0.15, 0.2) is 0 Å². The normalized spacial score (nSPS) is 17.4. The van der Waals surface area contributed by atoms with Gasteiger partial charge in [0.1, 0.15) is 5.82 Å². The van der Waals surface area contributed by atoms with E-state index in [0.717, 1.165) is 38.5 Å². The molecule has 2 aliphatic rings. The molecule has 1 N–H and O–H groups in total. The van der Waals surface area contributed by atoms with Crippen molar-refractivity contribution in [2.24, 2.45) is 0 Å². The molecule has 4 nitrogen and oxygen atoms in total. The number of unbranched alkanes of at least 4 members (excludes halogenated alkanes) is 1. The van der Waals surface area contributed by atoms with E-state index >= 15 is 0 Å². The average molecular weight is 336 g/mol. The van der Waals surface area contributed by atoms with E-state index in [1.54, 1.807) is 11.1 Å². The van der Waals surface area contributed by atoms with Crippen molar-refractivity contribution in [1.82, 2.24) is 9.88 Å². The van der Waals surface area contributed by atoms with Crippen LogP contribution in [0.25, 0.3) is 0 Å². The van der Waals surface area contributed by atoms with Crippen molar-refractivity contribution < 1.29 is 0 Å². The zero-order valence-corrected chi connectivity index (χ0v) is 15.0. The van der Waals surface area contributed by atoms with Crippen LogP contribution in [0.4, 0.5) is 11.5 Å². The molecule has 0 amide bonds. The van der Waals surface area contributed by atoms with Gasteiger partial charge in [-0.15, -0.1) is 0 Å². The molecule has 0 radical (unpaired) electrons. The summed E-state index contributed by atoms with van der Waals surface area (Å²) in [5.74, 6) is 1.12. The van der Waals surface area contributed by atoms with Gasteiger partial charge in [0, 0.05) is 44.6 Å². The van der Waals surface area contributed by atoms with Crippen LogP contribution in [-0.4, -0.2) is 49.2 Å². The number of pyridine rings is 1. The third-order valence-corrected chi connectivity index (χ3v) is 5.48. The van der Waals surface area contributed by atoms with Crippen molar-refractivity contribution in [3.63, 3.8) is 0 Å². The van der Waals surface area contributed by atoms with E-state index in [0.29, 0.717) is 0 Å². The zero-order valence-electron chi connectivity index (χ0n) is 15.0. The second-order valence-electron chi connectivity index (χ2n) is 7.09. The molecule has 0 atom stereocenters. The summed E-state index contributed by atoms with van der Waals surface area (Å²) < 4.78 is 0. The molecule has 0 aliphatic carbocycles. The molecule has 0 saturated carbocycles. The lowest BCUT2D eigenvalue weighted by Crippen LogP contribution is -2.46. The van der Waals surface area contributed by atoms with Gasteiger partial charge in [0.25, 0.3) is 0 Å². The van der Waals surface area contributed by atoms with Gasteiger partial charge in [-0.2, -0.15) is 0 Å². The van der Waals surface area contributed by atoms with Crippen LogP contribution in [-0.2, 0) is 12.8 Å². The van der Waals surface area contributed by atoms with Gasteiger partial charge in [-0.05, 0) is 61.6 Å². The summed E-state index contributed by atoms with van der Waals surface area (Å²) in [6.45, 7) is 6.82. The number of nitrogens with zero attached hydrogens (tertiary/aromatic N) is 3. The molecule has 3 heterocycles. The summed E-state index contributed by atoms with van der Waals surface area (Å²) in [7, 11) is 0. The molecular formula is C21H28N4. The highest BCUT2D eigenvalue weighted by Crippen LogP contribution is 2.26. The number of piperazine rings is 1. The smallest absolute Gasteiger partial charge is 0.128 e. The van der Waals surface area contributed by atoms with Crippen molar-refractivity contribution in [1.29, 1.82) is 0 Å². The Hall–Kier alpha value is -2.07. The Labute approximate surface area is 150 Å². The molecule has 0 bridgehead atoms. The summed E-state index contributed by atoms with van der Waals surface area (Å²) in [4.78, 5) is 9.47. The van der Waals surface area contributed by atoms with Crippen LogP contribution in [0.5, 0.6) is 0 Å². The number of aromatic nitrogens is 1. The highest BCUT2D eigenvalue weighted by atomic mass is 15.3. The van der Waals surface area contributed by atoms with E-state index in [1.165, 1.54) is 37.9 Å². The molecule has 2 aromatic rings. The molecule has 4 rings (SSSR count). The summed E-state index contributed by atoms with van der Waals surface area (Å²) in [5, 5.41) is 3.48. The molecule has 4 heteroatoms. The van der Waals surface area contributed by atoms with Crippen molar-refractivity contribution in [3.05, 3.63) is 53.7 Å². The summed E-state index contributed by atoms with van der Waals surface area (Å²) in [6.07, 6.45) is 6.88. The number of nitrogens with one attached hydrogen (secondary N) is 1. The van der Waals surface area contributed by atoms with E-state index in [1.807, 2.05) is 12.3 Å². The van der Waals surface area contributed by atoms with Crippen LogP contribution in [0.3, 0.4) is 0 Å². The lowest BCUT2D eigenvalue weighted by Gasteiger charge is -2.35. The Bertz CT molecular complexity index is 678. The minimum atomic E-state index is 1.09. The van der Waals surface area contributed by atoms with Gasteiger partial charge in [-0.3, -0.25) is 4.90 Å². The first-order chi connectivity index (χ1) is 12.4. The van der Waals surface area contributed by atoms with Crippen LogP contribution in [0.15, 0.2) is 42.6 Å². The third kappa shape index (κ3) is 3.96. The number of hydrogen-bond donors (Lipinski definition) is 1. The molecule has 0 spiro atoms.